The SMILES string of the molecule is NC(=O)COc1cccc(C=C2SC(=Nc3ccc(Cl)cc3)NC2=O)c1. The highest BCUT2D eigenvalue weighted by Crippen LogP contribution is 2.29. The number of carbonyl (C=O) groups is 2. The Bertz CT molecular complexity index is 910. The minimum atomic E-state index is -0.553. The molecule has 26 heavy (non-hydrogen) atoms. The van der Waals surface area contributed by atoms with E-state index in [0.717, 1.165) is 5.56 Å². The molecule has 1 saturated heterocycles. The smallest absolute Gasteiger partial charge is 0.264 e. The molecule has 0 aliphatic carbocycles. The van der Waals surface area contributed by atoms with Crippen LogP contribution in [0.15, 0.2) is 58.4 Å². The Morgan fingerprint density at radius 3 is 2.77 bits per heavy atom. The first-order valence-corrected chi connectivity index (χ1v) is 8.75. The molecule has 2 amide bonds. The van der Waals surface area contributed by atoms with Gasteiger partial charge in [-0.15, -0.1) is 0 Å². The Kier molecular flexibility index (Phi) is 5.60. The summed E-state index contributed by atoms with van der Waals surface area (Å²) in [5.74, 6) is -0.287. The largest absolute Gasteiger partial charge is 0.484 e. The number of nitrogens with zero attached hydrogens (tertiary/aromatic N) is 1. The molecule has 8 heteroatoms. The third-order valence-electron chi connectivity index (χ3n) is 3.25. The zero-order chi connectivity index (χ0) is 18.5. The van der Waals surface area contributed by atoms with Gasteiger partial charge in [-0.3, -0.25) is 9.59 Å². The number of primary amides is 1. The average molecular weight is 388 g/mol. The maximum Gasteiger partial charge on any atom is 0.264 e. The molecule has 0 atom stereocenters. The molecule has 1 aliphatic heterocycles. The Labute approximate surface area is 159 Å². The number of thioether (sulfide) groups is 1. The van der Waals surface area contributed by atoms with Crippen molar-refractivity contribution in [2.75, 3.05) is 6.61 Å². The molecule has 0 bridgehead atoms. The summed E-state index contributed by atoms with van der Waals surface area (Å²) in [6.45, 7) is -0.201. The fourth-order valence-electron chi connectivity index (χ4n) is 2.11. The van der Waals surface area contributed by atoms with Gasteiger partial charge in [0.05, 0.1) is 10.6 Å². The number of amides is 2. The van der Waals surface area contributed by atoms with Gasteiger partial charge in [0.2, 0.25) is 0 Å². The number of hydrogen-bond donors (Lipinski definition) is 2. The summed E-state index contributed by atoms with van der Waals surface area (Å²) in [5, 5.41) is 3.83. The Morgan fingerprint density at radius 1 is 1.27 bits per heavy atom. The van der Waals surface area contributed by atoms with Crippen molar-refractivity contribution in [3.05, 3.63) is 64.0 Å². The lowest BCUT2D eigenvalue weighted by atomic mass is 10.2. The summed E-state index contributed by atoms with van der Waals surface area (Å²) in [7, 11) is 0. The number of halogens is 1. The van der Waals surface area contributed by atoms with Crippen molar-refractivity contribution in [1.29, 1.82) is 0 Å². The zero-order valence-electron chi connectivity index (χ0n) is 13.4. The minimum Gasteiger partial charge on any atom is -0.484 e. The van der Waals surface area contributed by atoms with Gasteiger partial charge in [0.25, 0.3) is 11.8 Å². The van der Waals surface area contributed by atoms with Crippen LogP contribution in [0.25, 0.3) is 6.08 Å². The molecule has 0 spiro atoms. The third kappa shape index (κ3) is 4.87. The van der Waals surface area contributed by atoms with Crippen LogP contribution < -0.4 is 15.8 Å². The van der Waals surface area contributed by atoms with Gasteiger partial charge in [0.15, 0.2) is 11.8 Å². The monoisotopic (exact) mass is 387 g/mol. The standard InChI is InChI=1S/C18H14ClN3O3S/c19-12-4-6-13(7-5-12)21-18-22-17(24)15(26-18)9-11-2-1-3-14(8-11)25-10-16(20)23/h1-9H,10H2,(H2,20,23)(H,21,22,24). The average Bonchev–Trinajstić information content (AvgIpc) is 2.95. The molecule has 132 valence electrons. The highest BCUT2D eigenvalue weighted by molar-refractivity contribution is 8.18. The lowest BCUT2D eigenvalue weighted by Crippen LogP contribution is -2.20. The molecule has 2 aromatic carbocycles. The van der Waals surface area contributed by atoms with Crippen LogP contribution in [-0.4, -0.2) is 23.6 Å². The van der Waals surface area contributed by atoms with Crippen molar-refractivity contribution in [2.24, 2.45) is 10.7 Å². The van der Waals surface area contributed by atoms with Crippen LogP contribution in [0.1, 0.15) is 5.56 Å². The topological polar surface area (TPSA) is 93.8 Å². The molecule has 3 N–H and O–H groups in total. The minimum absolute atomic E-state index is 0.201. The van der Waals surface area contributed by atoms with Gasteiger partial charge in [-0.05, 0) is 59.8 Å². The van der Waals surface area contributed by atoms with E-state index >= 15 is 0 Å². The maximum absolute atomic E-state index is 12.1. The maximum atomic E-state index is 12.1. The van der Waals surface area contributed by atoms with E-state index in [1.807, 2.05) is 6.07 Å². The zero-order valence-corrected chi connectivity index (χ0v) is 15.0. The van der Waals surface area contributed by atoms with Crippen LogP contribution in [0.5, 0.6) is 5.75 Å². The molecule has 1 fully saturated rings. The van der Waals surface area contributed by atoms with E-state index in [1.54, 1.807) is 48.5 Å². The summed E-state index contributed by atoms with van der Waals surface area (Å²) in [6, 6.07) is 14.0. The predicted molar refractivity (Wildman–Crippen MR) is 103 cm³/mol. The molecule has 1 heterocycles. The number of rotatable bonds is 5. The fraction of sp³-hybridized carbons (Fsp3) is 0.0556. The van der Waals surface area contributed by atoms with Crippen molar-refractivity contribution in [3.8, 4) is 5.75 Å². The van der Waals surface area contributed by atoms with Crippen molar-refractivity contribution in [1.82, 2.24) is 5.32 Å². The fourth-order valence-corrected chi connectivity index (χ4v) is 3.08. The van der Waals surface area contributed by atoms with E-state index in [1.165, 1.54) is 11.8 Å². The number of ether oxygens (including phenoxy) is 1. The first kappa shape index (κ1) is 18.0. The van der Waals surface area contributed by atoms with Crippen molar-refractivity contribution in [2.45, 2.75) is 0 Å². The molecule has 0 radical (unpaired) electrons. The summed E-state index contributed by atoms with van der Waals surface area (Å²) in [4.78, 5) is 27.8. The van der Waals surface area contributed by atoms with E-state index in [2.05, 4.69) is 10.3 Å². The predicted octanol–water partition coefficient (Wildman–Crippen LogP) is 3.10. The van der Waals surface area contributed by atoms with Gasteiger partial charge < -0.3 is 15.8 Å². The number of amidine groups is 1. The highest BCUT2D eigenvalue weighted by Gasteiger charge is 2.23. The van der Waals surface area contributed by atoms with Crippen molar-refractivity contribution < 1.29 is 14.3 Å². The lowest BCUT2D eigenvalue weighted by Gasteiger charge is -2.04. The number of hydrogen-bond acceptors (Lipinski definition) is 5. The number of carbonyl (C=O) groups excluding carboxylic acids is 2. The van der Waals surface area contributed by atoms with E-state index in [9.17, 15) is 9.59 Å². The number of benzene rings is 2. The summed E-state index contributed by atoms with van der Waals surface area (Å²) >= 11 is 7.09. The van der Waals surface area contributed by atoms with Crippen LogP contribution in [-0.2, 0) is 9.59 Å². The molecule has 6 nitrogen and oxygen atoms in total. The first-order chi connectivity index (χ1) is 12.5. The third-order valence-corrected chi connectivity index (χ3v) is 4.41. The highest BCUT2D eigenvalue weighted by atomic mass is 35.5. The molecule has 3 rings (SSSR count). The number of aliphatic imine (C=N–C) groups is 1. The number of nitrogens with two attached hydrogens (primary N) is 1. The van der Waals surface area contributed by atoms with E-state index in [4.69, 9.17) is 22.1 Å². The second kappa shape index (κ2) is 8.07. The van der Waals surface area contributed by atoms with Crippen LogP contribution in [0.3, 0.4) is 0 Å². The summed E-state index contributed by atoms with van der Waals surface area (Å²) in [6.07, 6.45) is 1.72. The molecule has 0 saturated carbocycles. The second-order valence-electron chi connectivity index (χ2n) is 5.29. The first-order valence-electron chi connectivity index (χ1n) is 7.56. The molecule has 2 aromatic rings. The Hall–Kier alpha value is -2.77. The molecular formula is C18H14ClN3O3S. The number of nitrogens with one attached hydrogen (secondary N) is 1. The molecule has 0 aromatic heterocycles. The normalized spacial score (nSPS) is 16.7. The quantitative estimate of drug-likeness (QED) is 0.771. The van der Waals surface area contributed by atoms with Gasteiger partial charge in [-0.2, -0.15) is 0 Å². The van der Waals surface area contributed by atoms with Crippen molar-refractivity contribution in [3.63, 3.8) is 0 Å². The van der Waals surface area contributed by atoms with Crippen LogP contribution >= 0.6 is 23.4 Å². The van der Waals surface area contributed by atoms with Crippen LogP contribution in [0, 0.1) is 0 Å². The van der Waals surface area contributed by atoms with Gasteiger partial charge >= 0.3 is 0 Å². The van der Waals surface area contributed by atoms with E-state index in [-0.39, 0.29) is 12.5 Å². The lowest BCUT2D eigenvalue weighted by molar-refractivity contribution is -0.120. The molecule has 0 unspecified atom stereocenters. The molecular weight excluding hydrogens is 374 g/mol. The van der Waals surface area contributed by atoms with Gasteiger partial charge in [-0.25, -0.2) is 4.99 Å². The summed E-state index contributed by atoms with van der Waals surface area (Å²) in [5.41, 5.74) is 6.52. The van der Waals surface area contributed by atoms with Gasteiger partial charge in [-0.1, -0.05) is 23.7 Å². The van der Waals surface area contributed by atoms with Gasteiger partial charge in [0, 0.05) is 5.02 Å². The Morgan fingerprint density at radius 2 is 2.04 bits per heavy atom. The molecule has 1 aliphatic rings. The van der Waals surface area contributed by atoms with Crippen LogP contribution in [0.4, 0.5) is 5.69 Å². The summed E-state index contributed by atoms with van der Waals surface area (Å²) < 4.78 is 5.26. The van der Waals surface area contributed by atoms with E-state index < -0.39 is 5.91 Å². The Balaban J connectivity index is 1.75. The van der Waals surface area contributed by atoms with Crippen molar-refractivity contribution >= 4 is 52.1 Å². The van der Waals surface area contributed by atoms with E-state index in [0.29, 0.717) is 26.5 Å². The second-order valence-corrected chi connectivity index (χ2v) is 6.75. The van der Waals surface area contributed by atoms with Crippen LogP contribution in [0.2, 0.25) is 5.02 Å². The van der Waals surface area contributed by atoms with Gasteiger partial charge in [0.1, 0.15) is 5.75 Å².